The number of halogens is 2. The van der Waals surface area contributed by atoms with Crippen molar-refractivity contribution >= 4 is 11.6 Å². The van der Waals surface area contributed by atoms with Crippen LogP contribution in [0.5, 0.6) is 0 Å². The molecule has 0 spiro atoms. The lowest BCUT2D eigenvalue weighted by Gasteiger charge is -2.13. The van der Waals surface area contributed by atoms with Crippen molar-refractivity contribution in [3.63, 3.8) is 0 Å². The zero-order valence-corrected chi connectivity index (χ0v) is 10.2. The third-order valence-electron chi connectivity index (χ3n) is 2.61. The van der Waals surface area contributed by atoms with Crippen LogP contribution in [0.15, 0.2) is 41.0 Å². The van der Waals surface area contributed by atoms with E-state index in [1.54, 1.807) is 18.4 Å². The molecule has 0 saturated heterocycles. The van der Waals surface area contributed by atoms with E-state index in [9.17, 15) is 4.39 Å². The van der Waals surface area contributed by atoms with E-state index in [1.807, 2.05) is 19.1 Å². The van der Waals surface area contributed by atoms with Crippen LogP contribution in [0.3, 0.4) is 0 Å². The van der Waals surface area contributed by atoms with E-state index in [0.717, 1.165) is 11.3 Å². The van der Waals surface area contributed by atoms with Gasteiger partial charge in [-0.3, -0.25) is 0 Å². The second-order valence-corrected chi connectivity index (χ2v) is 4.26. The highest BCUT2D eigenvalue weighted by atomic mass is 35.5. The van der Waals surface area contributed by atoms with Gasteiger partial charge in [-0.15, -0.1) is 0 Å². The van der Waals surface area contributed by atoms with Crippen molar-refractivity contribution in [2.75, 3.05) is 0 Å². The van der Waals surface area contributed by atoms with E-state index in [-0.39, 0.29) is 11.1 Å². The molecule has 0 saturated carbocycles. The molecule has 1 atom stereocenters. The molecular formula is C13H13ClFNO. The number of rotatable bonds is 4. The molecular weight excluding hydrogens is 241 g/mol. The van der Waals surface area contributed by atoms with Crippen LogP contribution in [0.4, 0.5) is 4.39 Å². The van der Waals surface area contributed by atoms with Crippen LogP contribution in [0.25, 0.3) is 0 Å². The smallest absolute Gasteiger partial charge is 0.141 e. The van der Waals surface area contributed by atoms with Crippen LogP contribution >= 0.6 is 11.6 Å². The highest BCUT2D eigenvalue weighted by Crippen LogP contribution is 2.20. The fourth-order valence-corrected chi connectivity index (χ4v) is 1.76. The molecule has 90 valence electrons. The van der Waals surface area contributed by atoms with Crippen molar-refractivity contribution in [3.05, 3.63) is 58.8 Å². The number of furan rings is 1. The predicted molar refractivity (Wildman–Crippen MR) is 65.4 cm³/mol. The van der Waals surface area contributed by atoms with E-state index in [0.29, 0.717) is 6.54 Å². The summed E-state index contributed by atoms with van der Waals surface area (Å²) in [5.41, 5.74) is 0.947. The van der Waals surface area contributed by atoms with Crippen molar-refractivity contribution in [2.24, 2.45) is 0 Å². The van der Waals surface area contributed by atoms with Crippen molar-refractivity contribution in [1.29, 1.82) is 0 Å². The minimum Gasteiger partial charge on any atom is -0.468 e. The SMILES string of the molecule is CC(NCc1ccco1)c1ccc(F)c(Cl)c1. The van der Waals surface area contributed by atoms with Crippen molar-refractivity contribution in [1.82, 2.24) is 5.32 Å². The summed E-state index contributed by atoms with van der Waals surface area (Å²) >= 11 is 5.74. The topological polar surface area (TPSA) is 25.2 Å². The molecule has 1 N–H and O–H groups in total. The molecule has 0 amide bonds. The first-order chi connectivity index (χ1) is 8.16. The van der Waals surface area contributed by atoms with Gasteiger partial charge in [-0.1, -0.05) is 17.7 Å². The van der Waals surface area contributed by atoms with E-state index < -0.39 is 5.82 Å². The maximum atomic E-state index is 13.0. The Bertz CT molecular complexity index is 484. The summed E-state index contributed by atoms with van der Waals surface area (Å²) in [6.07, 6.45) is 1.64. The summed E-state index contributed by atoms with van der Waals surface area (Å²) in [5, 5.41) is 3.42. The van der Waals surface area contributed by atoms with Gasteiger partial charge >= 0.3 is 0 Å². The summed E-state index contributed by atoms with van der Waals surface area (Å²) in [6, 6.07) is 8.56. The molecule has 0 aliphatic heterocycles. The first-order valence-electron chi connectivity index (χ1n) is 5.37. The second-order valence-electron chi connectivity index (χ2n) is 3.86. The molecule has 17 heavy (non-hydrogen) atoms. The van der Waals surface area contributed by atoms with Crippen LogP contribution in [0, 0.1) is 5.82 Å². The van der Waals surface area contributed by atoms with Gasteiger partial charge in [0.1, 0.15) is 11.6 Å². The third-order valence-corrected chi connectivity index (χ3v) is 2.90. The molecule has 1 unspecified atom stereocenters. The van der Waals surface area contributed by atoms with Gasteiger partial charge in [-0.2, -0.15) is 0 Å². The van der Waals surface area contributed by atoms with Crippen molar-refractivity contribution in [3.8, 4) is 0 Å². The van der Waals surface area contributed by atoms with Crippen LogP contribution in [-0.4, -0.2) is 0 Å². The number of benzene rings is 1. The zero-order chi connectivity index (χ0) is 12.3. The van der Waals surface area contributed by atoms with Crippen LogP contribution in [-0.2, 0) is 6.54 Å². The van der Waals surface area contributed by atoms with Gasteiger partial charge in [-0.25, -0.2) is 4.39 Å². The van der Waals surface area contributed by atoms with Crippen molar-refractivity contribution in [2.45, 2.75) is 19.5 Å². The molecule has 2 aromatic rings. The van der Waals surface area contributed by atoms with Gasteiger partial charge in [0.05, 0.1) is 17.8 Å². The largest absolute Gasteiger partial charge is 0.468 e. The molecule has 4 heteroatoms. The number of hydrogen-bond acceptors (Lipinski definition) is 2. The number of hydrogen-bond donors (Lipinski definition) is 1. The predicted octanol–water partition coefficient (Wildman–Crippen LogP) is 3.92. The summed E-state index contributed by atoms with van der Waals surface area (Å²) in [4.78, 5) is 0. The third kappa shape index (κ3) is 3.08. The molecule has 0 radical (unpaired) electrons. The minimum atomic E-state index is -0.395. The Morgan fingerprint density at radius 1 is 1.41 bits per heavy atom. The Labute approximate surface area is 104 Å². The highest BCUT2D eigenvalue weighted by Gasteiger charge is 2.08. The fourth-order valence-electron chi connectivity index (χ4n) is 1.57. The Kier molecular flexibility index (Phi) is 3.82. The molecule has 0 bridgehead atoms. The van der Waals surface area contributed by atoms with E-state index >= 15 is 0 Å². The maximum Gasteiger partial charge on any atom is 0.141 e. The summed E-state index contributed by atoms with van der Waals surface area (Å²) in [7, 11) is 0. The van der Waals surface area contributed by atoms with E-state index in [4.69, 9.17) is 16.0 Å². The van der Waals surface area contributed by atoms with Crippen LogP contribution in [0.2, 0.25) is 5.02 Å². The molecule has 0 aliphatic rings. The quantitative estimate of drug-likeness (QED) is 0.893. The Morgan fingerprint density at radius 3 is 2.88 bits per heavy atom. The molecule has 2 nitrogen and oxygen atoms in total. The molecule has 1 aromatic heterocycles. The minimum absolute atomic E-state index is 0.0817. The average molecular weight is 254 g/mol. The monoisotopic (exact) mass is 253 g/mol. The molecule has 0 fully saturated rings. The Morgan fingerprint density at radius 2 is 2.24 bits per heavy atom. The first kappa shape index (κ1) is 12.1. The highest BCUT2D eigenvalue weighted by molar-refractivity contribution is 6.30. The standard InChI is InChI=1S/C13H13ClFNO/c1-9(16-8-11-3-2-6-17-11)10-4-5-13(15)12(14)7-10/h2-7,9,16H,8H2,1H3. The Balaban J connectivity index is 1.99. The lowest BCUT2D eigenvalue weighted by Crippen LogP contribution is -2.17. The van der Waals surface area contributed by atoms with Crippen LogP contribution in [0.1, 0.15) is 24.3 Å². The van der Waals surface area contributed by atoms with Gasteiger partial charge < -0.3 is 9.73 Å². The summed E-state index contributed by atoms with van der Waals surface area (Å²) in [5.74, 6) is 0.471. The molecule has 1 heterocycles. The second kappa shape index (κ2) is 5.34. The lowest BCUT2D eigenvalue weighted by molar-refractivity contribution is 0.460. The van der Waals surface area contributed by atoms with Gasteiger partial charge in [0.15, 0.2) is 0 Å². The number of nitrogens with one attached hydrogen (secondary N) is 1. The first-order valence-corrected chi connectivity index (χ1v) is 5.75. The van der Waals surface area contributed by atoms with E-state index in [2.05, 4.69) is 5.32 Å². The summed E-state index contributed by atoms with van der Waals surface area (Å²) < 4.78 is 18.2. The normalized spacial score (nSPS) is 12.6. The van der Waals surface area contributed by atoms with Gasteiger partial charge in [0.25, 0.3) is 0 Å². The average Bonchev–Trinajstić information content (AvgIpc) is 2.82. The molecule has 0 aliphatic carbocycles. The lowest BCUT2D eigenvalue weighted by atomic mass is 10.1. The van der Waals surface area contributed by atoms with Crippen molar-refractivity contribution < 1.29 is 8.81 Å². The molecule has 1 aromatic carbocycles. The van der Waals surface area contributed by atoms with Gasteiger partial charge in [-0.05, 0) is 36.8 Å². The van der Waals surface area contributed by atoms with Gasteiger partial charge in [0.2, 0.25) is 0 Å². The van der Waals surface area contributed by atoms with E-state index in [1.165, 1.54) is 6.07 Å². The van der Waals surface area contributed by atoms with Crippen LogP contribution < -0.4 is 5.32 Å². The fraction of sp³-hybridized carbons (Fsp3) is 0.231. The van der Waals surface area contributed by atoms with Gasteiger partial charge in [0, 0.05) is 6.04 Å². The molecule has 2 rings (SSSR count). The maximum absolute atomic E-state index is 13.0. The Hall–Kier alpha value is -1.32. The summed E-state index contributed by atoms with van der Waals surface area (Å²) in [6.45, 7) is 2.62. The zero-order valence-electron chi connectivity index (χ0n) is 9.41.